The van der Waals surface area contributed by atoms with E-state index >= 15 is 0 Å². The molecule has 1 aliphatic heterocycles. The molecule has 0 bridgehead atoms. The Morgan fingerprint density at radius 3 is 2.67 bits per heavy atom. The Labute approximate surface area is 124 Å². The van der Waals surface area contributed by atoms with E-state index in [4.69, 9.17) is 5.26 Å². The third-order valence-corrected chi connectivity index (χ3v) is 3.77. The Balaban J connectivity index is 1.86. The van der Waals surface area contributed by atoms with Crippen LogP contribution in [0, 0.1) is 11.3 Å². The van der Waals surface area contributed by atoms with Gasteiger partial charge in [-0.05, 0) is 19.1 Å². The first-order valence-corrected chi connectivity index (χ1v) is 7.03. The molecule has 1 fully saturated rings. The largest absolute Gasteiger partial charge is 0.465 e. The number of hydrogen-bond acceptors (Lipinski definition) is 6. The number of aromatic nitrogens is 1. The lowest BCUT2D eigenvalue weighted by Gasteiger charge is -2.35. The quantitative estimate of drug-likeness (QED) is 0.767. The molecular formula is C15H20N4O2. The van der Waals surface area contributed by atoms with E-state index in [-0.39, 0.29) is 12.0 Å². The second-order valence-electron chi connectivity index (χ2n) is 5.15. The molecule has 0 aromatic carbocycles. The van der Waals surface area contributed by atoms with Crippen molar-refractivity contribution in [1.29, 1.82) is 5.26 Å². The van der Waals surface area contributed by atoms with Crippen molar-refractivity contribution >= 4 is 5.97 Å². The number of carbonyl (C=O) groups excluding carboxylic acids is 1. The maximum absolute atomic E-state index is 11.3. The predicted octanol–water partition coefficient (Wildman–Crippen LogP) is 0.898. The molecule has 112 valence electrons. The van der Waals surface area contributed by atoms with Crippen molar-refractivity contribution < 1.29 is 9.53 Å². The highest BCUT2D eigenvalue weighted by atomic mass is 16.5. The van der Waals surface area contributed by atoms with E-state index < -0.39 is 0 Å². The van der Waals surface area contributed by atoms with Crippen molar-refractivity contribution in [3.05, 3.63) is 29.6 Å². The molecule has 1 aromatic rings. The summed E-state index contributed by atoms with van der Waals surface area (Å²) >= 11 is 0. The first kappa shape index (κ1) is 15.4. The van der Waals surface area contributed by atoms with Gasteiger partial charge < -0.3 is 4.74 Å². The van der Waals surface area contributed by atoms with Crippen LogP contribution in [0.15, 0.2) is 18.3 Å². The highest BCUT2D eigenvalue weighted by Crippen LogP contribution is 2.10. The van der Waals surface area contributed by atoms with Crippen LogP contribution in [0.3, 0.4) is 0 Å². The lowest BCUT2D eigenvalue weighted by atomic mass is 10.2. The highest BCUT2D eigenvalue weighted by Gasteiger charge is 2.21. The molecule has 1 aliphatic rings. The molecule has 0 amide bonds. The number of methoxy groups -OCH3 is 1. The zero-order chi connectivity index (χ0) is 15.2. The average molecular weight is 288 g/mol. The van der Waals surface area contributed by atoms with Crippen LogP contribution in [0.1, 0.15) is 23.0 Å². The van der Waals surface area contributed by atoms with Crippen molar-refractivity contribution in [3.63, 3.8) is 0 Å². The molecular weight excluding hydrogens is 268 g/mol. The third kappa shape index (κ3) is 4.00. The molecule has 0 radical (unpaired) electrons. The number of carbonyl (C=O) groups is 1. The van der Waals surface area contributed by atoms with Crippen LogP contribution in [0.5, 0.6) is 0 Å². The van der Waals surface area contributed by atoms with E-state index in [1.54, 1.807) is 12.3 Å². The van der Waals surface area contributed by atoms with Gasteiger partial charge in [-0.15, -0.1) is 0 Å². The zero-order valence-electron chi connectivity index (χ0n) is 12.5. The van der Waals surface area contributed by atoms with Crippen molar-refractivity contribution in [3.8, 4) is 6.07 Å². The number of hydrogen-bond donors (Lipinski definition) is 0. The van der Waals surface area contributed by atoms with Crippen LogP contribution in [0.2, 0.25) is 0 Å². The van der Waals surface area contributed by atoms with Gasteiger partial charge in [-0.1, -0.05) is 0 Å². The fraction of sp³-hybridized carbons (Fsp3) is 0.533. The lowest BCUT2D eigenvalue weighted by molar-refractivity contribution is 0.0600. The Morgan fingerprint density at radius 2 is 2.14 bits per heavy atom. The Morgan fingerprint density at radius 1 is 1.43 bits per heavy atom. The van der Waals surface area contributed by atoms with Crippen molar-refractivity contribution in [1.82, 2.24) is 14.8 Å². The van der Waals surface area contributed by atoms with Crippen LogP contribution in [0.25, 0.3) is 0 Å². The minimum Gasteiger partial charge on any atom is -0.465 e. The molecule has 6 heteroatoms. The third-order valence-electron chi connectivity index (χ3n) is 3.77. The van der Waals surface area contributed by atoms with Gasteiger partial charge in [-0.2, -0.15) is 5.26 Å². The predicted molar refractivity (Wildman–Crippen MR) is 77.5 cm³/mol. The number of nitrogens with zero attached hydrogens (tertiary/aromatic N) is 4. The molecule has 0 spiro atoms. The number of ether oxygens (including phenoxy) is 1. The molecule has 21 heavy (non-hydrogen) atoms. The standard InChI is InChI=1S/C15H20N4O2/c1-12(9-16)19-7-5-18(6-8-19)11-14-4-3-13(10-17-14)15(20)21-2/h3-4,10,12H,5-8,11H2,1-2H3. The molecule has 6 nitrogen and oxygen atoms in total. The minimum absolute atomic E-state index is 0.0235. The van der Waals surface area contributed by atoms with Gasteiger partial charge in [0.05, 0.1) is 30.5 Å². The monoisotopic (exact) mass is 288 g/mol. The van der Waals surface area contributed by atoms with E-state index in [9.17, 15) is 4.79 Å². The average Bonchev–Trinajstić information content (AvgIpc) is 2.55. The van der Waals surface area contributed by atoms with Gasteiger partial charge in [0.25, 0.3) is 0 Å². The maximum Gasteiger partial charge on any atom is 0.339 e. The molecule has 2 rings (SSSR count). The summed E-state index contributed by atoms with van der Waals surface area (Å²) in [4.78, 5) is 20.1. The molecule has 0 saturated carbocycles. The van der Waals surface area contributed by atoms with Gasteiger partial charge in [-0.3, -0.25) is 14.8 Å². The Hall–Kier alpha value is -1.97. The summed E-state index contributed by atoms with van der Waals surface area (Å²) in [6.07, 6.45) is 1.55. The molecule has 1 unspecified atom stereocenters. The van der Waals surface area contributed by atoms with E-state index in [0.29, 0.717) is 5.56 Å². The fourth-order valence-electron chi connectivity index (χ4n) is 2.38. The van der Waals surface area contributed by atoms with Crippen molar-refractivity contribution in [2.45, 2.75) is 19.5 Å². The summed E-state index contributed by atoms with van der Waals surface area (Å²) < 4.78 is 4.65. The first-order valence-electron chi connectivity index (χ1n) is 7.03. The van der Waals surface area contributed by atoms with E-state index in [2.05, 4.69) is 25.6 Å². The highest BCUT2D eigenvalue weighted by molar-refractivity contribution is 5.88. The Kier molecular flexibility index (Phi) is 5.26. The lowest BCUT2D eigenvalue weighted by Crippen LogP contribution is -2.48. The maximum atomic E-state index is 11.3. The van der Waals surface area contributed by atoms with Gasteiger partial charge in [0.15, 0.2) is 0 Å². The number of piperazine rings is 1. The van der Waals surface area contributed by atoms with E-state index in [1.807, 2.05) is 13.0 Å². The van der Waals surface area contributed by atoms with Gasteiger partial charge in [-0.25, -0.2) is 4.79 Å². The Bertz CT molecular complexity index is 515. The van der Waals surface area contributed by atoms with Crippen LogP contribution >= 0.6 is 0 Å². The summed E-state index contributed by atoms with van der Waals surface area (Å²) in [5.74, 6) is -0.367. The van der Waals surface area contributed by atoms with Crippen LogP contribution < -0.4 is 0 Å². The van der Waals surface area contributed by atoms with Gasteiger partial charge in [0.1, 0.15) is 0 Å². The molecule has 1 aromatic heterocycles. The number of esters is 1. The molecule has 0 aliphatic carbocycles. The van der Waals surface area contributed by atoms with Crippen LogP contribution in [-0.2, 0) is 11.3 Å². The second-order valence-corrected chi connectivity index (χ2v) is 5.15. The van der Waals surface area contributed by atoms with Gasteiger partial charge in [0, 0.05) is 38.9 Å². The molecule has 2 heterocycles. The first-order chi connectivity index (χ1) is 10.1. The van der Waals surface area contributed by atoms with E-state index in [0.717, 1.165) is 38.4 Å². The fourth-order valence-corrected chi connectivity index (χ4v) is 2.38. The minimum atomic E-state index is -0.367. The van der Waals surface area contributed by atoms with Crippen LogP contribution in [-0.4, -0.2) is 60.1 Å². The molecule has 1 atom stereocenters. The SMILES string of the molecule is COC(=O)c1ccc(CN2CCN(C(C)C#N)CC2)nc1. The van der Waals surface area contributed by atoms with Gasteiger partial charge in [0.2, 0.25) is 0 Å². The van der Waals surface area contributed by atoms with Crippen molar-refractivity contribution in [2.75, 3.05) is 33.3 Å². The summed E-state index contributed by atoms with van der Waals surface area (Å²) in [5, 5.41) is 8.93. The van der Waals surface area contributed by atoms with E-state index in [1.165, 1.54) is 7.11 Å². The number of pyridine rings is 1. The topological polar surface area (TPSA) is 69.5 Å². The summed E-state index contributed by atoms with van der Waals surface area (Å²) in [5.41, 5.74) is 1.40. The molecule has 1 saturated heterocycles. The summed E-state index contributed by atoms with van der Waals surface area (Å²) in [6, 6.07) is 5.85. The molecule has 0 N–H and O–H groups in total. The van der Waals surface area contributed by atoms with Crippen LogP contribution in [0.4, 0.5) is 0 Å². The number of nitriles is 1. The normalized spacial score (nSPS) is 18.0. The smallest absolute Gasteiger partial charge is 0.339 e. The summed E-state index contributed by atoms with van der Waals surface area (Å²) in [6.45, 7) is 6.34. The summed E-state index contributed by atoms with van der Waals surface area (Å²) in [7, 11) is 1.36. The van der Waals surface area contributed by atoms with Gasteiger partial charge >= 0.3 is 5.97 Å². The zero-order valence-corrected chi connectivity index (χ0v) is 12.5. The number of rotatable bonds is 4. The second kappa shape index (κ2) is 7.16. The van der Waals surface area contributed by atoms with Crippen molar-refractivity contribution in [2.24, 2.45) is 0 Å².